The number of carboxylic acids is 1. The average Bonchev–Trinajstić information content (AvgIpc) is 3.27. The van der Waals surface area contributed by atoms with E-state index >= 15 is 0 Å². The summed E-state index contributed by atoms with van der Waals surface area (Å²) in [6.45, 7) is 7.63. The summed E-state index contributed by atoms with van der Waals surface area (Å²) in [5.41, 5.74) is 0.310. The zero-order valence-electron chi connectivity index (χ0n) is 24.3. The van der Waals surface area contributed by atoms with E-state index in [1.165, 1.54) is 13.2 Å². The molecule has 41 heavy (non-hydrogen) atoms. The van der Waals surface area contributed by atoms with Gasteiger partial charge in [0, 0.05) is 41.9 Å². The number of carbonyl (C=O) groups excluding carboxylic acids is 1. The van der Waals surface area contributed by atoms with Gasteiger partial charge >= 0.3 is 12.1 Å². The molecule has 7 nitrogen and oxygen atoms in total. The van der Waals surface area contributed by atoms with Crippen molar-refractivity contribution in [2.24, 2.45) is 17.3 Å². The molecular formula is C31H40F3N3O4. The minimum atomic E-state index is -4.53. The van der Waals surface area contributed by atoms with Crippen molar-refractivity contribution < 1.29 is 32.6 Å². The number of likely N-dealkylation sites (tertiary alicyclic amines) is 1. The number of ether oxygens (including phenoxy) is 1. The van der Waals surface area contributed by atoms with E-state index in [0.29, 0.717) is 24.1 Å². The molecule has 1 saturated carbocycles. The Morgan fingerprint density at radius 3 is 2.37 bits per heavy atom. The Bertz CT molecular complexity index is 1250. The van der Waals surface area contributed by atoms with Crippen LogP contribution < -0.4 is 10.1 Å². The Morgan fingerprint density at radius 1 is 1.12 bits per heavy atom. The molecule has 0 bridgehead atoms. The van der Waals surface area contributed by atoms with Crippen LogP contribution in [0.1, 0.15) is 81.3 Å². The van der Waals surface area contributed by atoms with Crippen LogP contribution in [0.5, 0.6) is 5.75 Å². The van der Waals surface area contributed by atoms with E-state index in [-0.39, 0.29) is 24.1 Å². The minimum Gasteiger partial charge on any atom is -0.496 e. The molecule has 1 saturated heterocycles. The number of aliphatic carboxylic acids is 1. The van der Waals surface area contributed by atoms with Gasteiger partial charge in [0.25, 0.3) is 0 Å². The smallest absolute Gasteiger partial charge is 0.416 e. The summed E-state index contributed by atoms with van der Waals surface area (Å²) in [5.74, 6) is -1.82. The van der Waals surface area contributed by atoms with Crippen LogP contribution in [0.2, 0.25) is 0 Å². The summed E-state index contributed by atoms with van der Waals surface area (Å²) >= 11 is 0. The van der Waals surface area contributed by atoms with E-state index in [0.717, 1.165) is 37.0 Å². The van der Waals surface area contributed by atoms with Gasteiger partial charge in [-0.25, -0.2) is 4.79 Å². The molecule has 0 unspecified atom stereocenters. The Labute approximate surface area is 239 Å². The first-order valence-corrected chi connectivity index (χ1v) is 14.2. The van der Waals surface area contributed by atoms with E-state index < -0.39 is 47.2 Å². The highest BCUT2D eigenvalue weighted by atomic mass is 19.4. The zero-order chi connectivity index (χ0) is 30.1. The number of benzene rings is 1. The fourth-order valence-electron chi connectivity index (χ4n) is 6.74. The SMILES string of the molecule is COc1ccc(C(F)(F)F)cc1CN[C@H]1[C@H](C(C)(C)C)[C@@H](C(=O)O)N(C(=O)C2CCCCC2)[C@H]1c1cccnc1C. The number of carboxylic acid groups (broad SMARTS) is 1. The molecule has 0 spiro atoms. The minimum absolute atomic E-state index is 0.0159. The summed E-state index contributed by atoms with van der Waals surface area (Å²) in [7, 11) is 1.40. The van der Waals surface area contributed by atoms with E-state index in [2.05, 4.69) is 10.3 Å². The molecule has 2 aliphatic rings. The first-order chi connectivity index (χ1) is 19.3. The van der Waals surface area contributed by atoms with Crippen LogP contribution in [0, 0.1) is 24.2 Å². The standard InChI is InChI=1S/C31H40F3N3O4/c1-18-22(12-9-15-35-18)26-25(36-17-20-16-21(31(32,33)34)13-14-23(20)41-5)24(30(2,3)4)27(29(39)40)37(26)28(38)19-10-7-6-8-11-19/h9,12-16,19,24-27,36H,6-8,10-11,17H2,1-5H3,(H,39,40)/t24-,25-,26-,27-/m0/s1. The largest absolute Gasteiger partial charge is 0.496 e. The van der Waals surface area contributed by atoms with Crippen molar-refractivity contribution in [2.75, 3.05) is 7.11 Å². The fraction of sp³-hybridized carbons (Fsp3) is 0.581. The highest BCUT2D eigenvalue weighted by Gasteiger charge is 2.58. The molecule has 4 rings (SSSR count). The predicted octanol–water partition coefficient (Wildman–Crippen LogP) is 6.15. The number of aryl methyl sites for hydroxylation is 1. The summed E-state index contributed by atoms with van der Waals surface area (Å²) < 4.78 is 46.1. The monoisotopic (exact) mass is 575 g/mol. The van der Waals surface area contributed by atoms with E-state index in [4.69, 9.17) is 4.74 Å². The number of aromatic nitrogens is 1. The number of amides is 1. The molecule has 2 fully saturated rings. The number of alkyl halides is 3. The Kier molecular flexibility index (Phi) is 9.01. The molecule has 1 aromatic carbocycles. The number of carbonyl (C=O) groups is 2. The first-order valence-electron chi connectivity index (χ1n) is 14.2. The molecule has 224 valence electrons. The molecule has 1 aliphatic carbocycles. The predicted molar refractivity (Wildman–Crippen MR) is 148 cm³/mol. The lowest BCUT2D eigenvalue weighted by atomic mass is 9.72. The second kappa shape index (κ2) is 12.0. The molecule has 1 aromatic heterocycles. The number of rotatable bonds is 7. The van der Waals surface area contributed by atoms with Crippen LogP contribution >= 0.6 is 0 Å². The lowest BCUT2D eigenvalue weighted by molar-refractivity contribution is -0.154. The van der Waals surface area contributed by atoms with Gasteiger partial charge in [-0.2, -0.15) is 13.2 Å². The number of halogens is 3. The van der Waals surface area contributed by atoms with Gasteiger partial charge in [0.1, 0.15) is 11.8 Å². The van der Waals surface area contributed by atoms with Gasteiger partial charge < -0.3 is 20.1 Å². The third kappa shape index (κ3) is 6.37. The van der Waals surface area contributed by atoms with Gasteiger partial charge in [-0.15, -0.1) is 0 Å². The van der Waals surface area contributed by atoms with Crippen LogP contribution in [-0.4, -0.2) is 46.1 Å². The lowest BCUT2D eigenvalue weighted by Gasteiger charge is -2.36. The second-order valence-electron chi connectivity index (χ2n) is 12.3. The molecule has 1 aliphatic heterocycles. The normalized spacial score (nSPS) is 24.0. The number of pyridine rings is 1. The molecule has 0 radical (unpaired) electrons. The Morgan fingerprint density at radius 2 is 1.80 bits per heavy atom. The topological polar surface area (TPSA) is 91.8 Å². The number of hydrogen-bond acceptors (Lipinski definition) is 5. The first kappa shape index (κ1) is 30.8. The van der Waals surface area contributed by atoms with Crippen molar-refractivity contribution >= 4 is 11.9 Å². The van der Waals surface area contributed by atoms with Gasteiger partial charge in [-0.1, -0.05) is 46.1 Å². The highest BCUT2D eigenvalue weighted by Crippen LogP contribution is 2.50. The van der Waals surface area contributed by atoms with Crippen molar-refractivity contribution in [3.8, 4) is 5.75 Å². The number of methoxy groups -OCH3 is 1. The van der Waals surface area contributed by atoms with Crippen LogP contribution in [0.4, 0.5) is 13.2 Å². The molecule has 10 heteroatoms. The Balaban J connectivity index is 1.84. The molecule has 4 atom stereocenters. The summed E-state index contributed by atoms with van der Waals surface area (Å²) in [4.78, 5) is 33.2. The molecular weight excluding hydrogens is 535 g/mol. The Hall–Kier alpha value is -3.14. The maximum atomic E-state index is 14.2. The third-order valence-electron chi connectivity index (χ3n) is 8.63. The van der Waals surface area contributed by atoms with Gasteiger partial charge in [-0.05, 0) is 55.0 Å². The van der Waals surface area contributed by atoms with Crippen molar-refractivity contribution in [3.05, 3.63) is 58.9 Å². The van der Waals surface area contributed by atoms with E-state index in [1.54, 1.807) is 17.2 Å². The third-order valence-corrected chi connectivity index (χ3v) is 8.63. The lowest BCUT2D eigenvalue weighted by Crippen LogP contribution is -2.49. The summed E-state index contributed by atoms with van der Waals surface area (Å²) in [6, 6.07) is 4.54. The summed E-state index contributed by atoms with van der Waals surface area (Å²) in [5, 5.41) is 14.1. The average molecular weight is 576 g/mol. The quantitative estimate of drug-likeness (QED) is 0.411. The van der Waals surface area contributed by atoms with Crippen LogP contribution in [-0.2, 0) is 22.3 Å². The van der Waals surface area contributed by atoms with Crippen LogP contribution in [0.25, 0.3) is 0 Å². The zero-order valence-corrected chi connectivity index (χ0v) is 24.3. The number of nitrogens with one attached hydrogen (secondary N) is 1. The van der Waals surface area contributed by atoms with Crippen LogP contribution in [0.3, 0.4) is 0 Å². The summed E-state index contributed by atoms with van der Waals surface area (Å²) in [6.07, 6.45) is 1.41. The van der Waals surface area contributed by atoms with Gasteiger partial charge in [0.2, 0.25) is 5.91 Å². The van der Waals surface area contributed by atoms with Crippen molar-refractivity contribution in [2.45, 2.75) is 90.6 Å². The second-order valence-corrected chi connectivity index (χ2v) is 12.3. The highest BCUT2D eigenvalue weighted by molar-refractivity contribution is 5.87. The molecule has 2 aromatic rings. The van der Waals surface area contributed by atoms with Crippen LogP contribution in [0.15, 0.2) is 36.5 Å². The van der Waals surface area contributed by atoms with Gasteiger partial charge in [0.15, 0.2) is 0 Å². The number of hydrogen-bond donors (Lipinski definition) is 2. The molecule has 2 heterocycles. The van der Waals surface area contributed by atoms with Crippen molar-refractivity contribution in [3.63, 3.8) is 0 Å². The molecule has 2 N–H and O–H groups in total. The maximum absolute atomic E-state index is 14.2. The van der Waals surface area contributed by atoms with E-state index in [1.807, 2.05) is 33.8 Å². The molecule has 1 amide bonds. The van der Waals surface area contributed by atoms with Gasteiger partial charge in [0.05, 0.1) is 18.7 Å². The van der Waals surface area contributed by atoms with Gasteiger partial charge in [-0.3, -0.25) is 9.78 Å². The maximum Gasteiger partial charge on any atom is 0.416 e. The van der Waals surface area contributed by atoms with Crippen molar-refractivity contribution in [1.29, 1.82) is 0 Å². The fourth-order valence-corrected chi connectivity index (χ4v) is 6.74. The van der Waals surface area contributed by atoms with E-state index in [9.17, 15) is 27.9 Å². The van der Waals surface area contributed by atoms with Crippen molar-refractivity contribution in [1.82, 2.24) is 15.2 Å². The number of nitrogens with zero attached hydrogens (tertiary/aromatic N) is 2.